The zero-order chi connectivity index (χ0) is 32.5. The molecule has 46 heavy (non-hydrogen) atoms. The van der Waals surface area contributed by atoms with E-state index < -0.39 is 33.5 Å². The fourth-order valence-electron chi connectivity index (χ4n) is 7.17. The van der Waals surface area contributed by atoms with E-state index >= 15 is 8.78 Å². The topological polar surface area (TPSA) is 111 Å². The van der Waals surface area contributed by atoms with Gasteiger partial charge < -0.3 is 20.1 Å². The summed E-state index contributed by atoms with van der Waals surface area (Å²) >= 11 is 0. The number of hydrogen-bond acceptors (Lipinski definition) is 6. The monoisotopic (exact) mass is 655 g/mol. The lowest BCUT2D eigenvalue weighted by Gasteiger charge is -2.41. The first kappa shape index (κ1) is 32.7. The molecule has 2 bridgehead atoms. The van der Waals surface area contributed by atoms with E-state index in [1.807, 2.05) is 13.0 Å². The second-order valence-electron chi connectivity index (χ2n) is 13.0. The molecular formula is C35H43F2N3O5S. The molecule has 2 saturated heterocycles. The van der Waals surface area contributed by atoms with Gasteiger partial charge in [-0.3, -0.25) is 4.79 Å². The van der Waals surface area contributed by atoms with Crippen molar-refractivity contribution in [3.8, 4) is 11.5 Å². The van der Waals surface area contributed by atoms with Crippen LogP contribution in [0.2, 0.25) is 0 Å². The highest BCUT2D eigenvalue weighted by molar-refractivity contribution is 7.89. The van der Waals surface area contributed by atoms with Crippen LogP contribution in [0.15, 0.2) is 65.6 Å². The zero-order valence-electron chi connectivity index (χ0n) is 26.2. The normalized spacial score (nSPS) is 22.7. The maximum absolute atomic E-state index is 16.6. The van der Waals surface area contributed by atoms with Crippen LogP contribution in [-0.2, 0) is 20.7 Å². The van der Waals surface area contributed by atoms with Gasteiger partial charge in [-0.1, -0.05) is 37.6 Å². The molecular weight excluding hydrogens is 612 g/mol. The Labute approximate surface area is 269 Å². The average molecular weight is 656 g/mol. The predicted molar refractivity (Wildman–Crippen MR) is 173 cm³/mol. The third kappa shape index (κ3) is 6.87. The lowest BCUT2D eigenvalue weighted by atomic mass is 9.94. The highest BCUT2D eigenvalue weighted by atomic mass is 32.2. The van der Waals surface area contributed by atoms with Gasteiger partial charge in [0.1, 0.15) is 11.5 Å². The van der Waals surface area contributed by atoms with Gasteiger partial charge in [0, 0.05) is 23.7 Å². The molecule has 248 valence electrons. The van der Waals surface area contributed by atoms with E-state index in [4.69, 9.17) is 15.2 Å². The second kappa shape index (κ2) is 13.4. The Morgan fingerprint density at radius 1 is 0.978 bits per heavy atom. The largest absolute Gasteiger partial charge is 0.494 e. The van der Waals surface area contributed by atoms with E-state index in [9.17, 15) is 13.2 Å². The Balaban J connectivity index is 1.31. The number of halogens is 2. The van der Waals surface area contributed by atoms with Crippen LogP contribution in [-0.4, -0.2) is 56.1 Å². The molecule has 3 atom stereocenters. The number of amides is 1. The summed E-state index contributed by atoms with van der Waals surface area (Å²) in [5, 5.41) is 1.37. The molecule has 8 nitrogen and oxygen atoms in total. The molecule has 0 aromatic heterocycles. The minimum Gasteiger partial charge on any atom is -0.494 e. The van der Waals surface area contributed by atoms with Gasteiger partial charge in [0.2, 0.25) is 15.9 Å². The Morgan fingerprint density at radius 2 is 1.67 bits per heavy atom. The van der Waals surface area contributed by atoms with Crippen molar-refractivity contribution in [2.75, 3.05) is 6.61 Å². The molecule has 1 amide bonds. The van der Waals surface area contributed by atoms with Crippen LogP contribution in [0.5, 0.6) is 11.5 Å². The van der Waals surface area contributed by atoms with Crippen LogP contribution in [0.25, 0.3) is 10.8 Å². The van der Waals surface area contributed by atoms with Crippen molar-refractivity contribution in [1.29, 1.82) is 0 Å². The Hall–Kier alpha value is -3.28. The fraction of sp³-hybridized carbons (Fsp3) is 0.514. The third-order valence-corrected chi connectivity index (χ3v) is 11.0. The molecule has 0 spiro atoms. The summed E-state index contributed by atoms with van der Waals surface area (Å²) in [7, 11) is -4.57. The number of benzene rings is 3. The number of unbranched alkanes of at least 4 members (excludes halogenated alkanes) is 1. The van der Waals surface area contributed by atoms with Gasteiger partial charge in [-0.05, 0) is 105 Å². The maximum Gasteiger partial charge on any atom is 0.298 e. The van der Waals surface area contributed by atoms with Crippen molar-refractivity contribution in [1.82, 2.24) is 9.62 Å². The first-order valence-electron chi connectivity index (χ1n) is 16.5. The Morgan fingerprint density at radius 3 is 2.39 bits per heavy atom. The standard InChI is InChI=1S/C35H43F2N3O5S/c1-2-3-17-44-30-10-6-7-25(20-30)35(36,37)33(34(41)40-27-13-14-28(40)22-26(38)21-27)39-46(42,43)32-16-12-23-18-31(15-11-24(23)19-32)45-29-8-4-5-9-29/h6-7,10-12,15-16,18-20,26-29,33,39H,2-5,8-9,13-14,17,21-22,38H2,1H3/t26?,27?,28?,33-/m0/s1. The van der Waals surface area contributed by atoms with Crippen LogP contribution in [0.4, 0.5) is 8.78 Å². The number of carbonyl (C=O) groups is 1. The Bertz CT molecular complexity index is 1650. The predicted octanol–water partition coefficient (Wildman–Crippen LogP) is 6.26. The van der Waals surface area contributed by atoms with Crippen LogP contribution in [0, 0.1) is 0 Å². The minimum atomic E-state index is -4.57. The van der Waals surface area contributed by atoms with Gasteiger partial charge >= 0.3 is 0 Å². The summed E-state index contributed by atoms with van der Waals surface area (Å²) in [5.74, 6) is -3.90. The highest BCUT2D eigenvalue weighted by Crippen LogP contribution is 2.40. The number of piperidine rings is 1. The average Bonchev–Trinajstić information content (AvgIpc) is 3.64. The molecule has 6 rings (SSSR count). The van der Waals surface area contributed by atoms with Gasteiger partial charge in [0.25, 0.3) is 5.92 Å². The zero-order valence-corrected chi connectivity index (χ0v) is 27.0. The van der Waals surface area contributed by atoms with Gasteiger partial charge in [-0.25, -0.2) is 8.42 Å². The van der Waals surface area contributed by atoms with Crippen molar-refractivity contribution >= 4 is 26.7 Å². The first-order valence-corrected chi connectivity index (χ1v) is 17.9. The number of nitrogens with one attached hydrogen (secondary N) is 1. The van der Waals surface area contributed by atoms with Crippen LogP contribution < -0.4 is 19.9 Å². The van der Waals surface area contributed by atoms with Crippen molar-refractivity contribution in [3.63, 3.8) is 0 Å². The first-order chi connectivity index (χ1) is 22.0. The second-order valence-corrected chi connectivity index (χ2v) is 14.7. The molecule has 2 unspecified atom stereocenters. The van der Waals surface area contributed by atoms with E-state index in [2.05, 4.69) is 4.72 Å². The van der Waals surface area contributed by atoms with Gasteiger partial charge in [0.05, 0.1) is 17.6 Å². The summed E-state index contributed by atoms with van der Waals surface area (Å²) in [6.45, 7) is 2.35. The number of alkyl halides is 2. The number of sulfonamides is 1. The molecule has 0 radical (unpaired) electrons. The van der Waals surface area contributed by atoms with Crippen LogP contribution >= 0.6 is 0 Å². The molecule has 1 aliphatic carbocycles. The molecule has 3 fully saturated rings. The van der Waals surface area contributed by atoms with E-state index in [-0.39, 0.29) is 34.9 Å². The third-order valence-electron chi connectivity index (χ3n) is 9.59. The van der Waals surface area contributed by atoms with E-state index in [1.54, 1.807) is 24.3 Å². The number of fused-ring (bicyclic) bond motifs is 3. The van der Waals surface area contributed by atoms with E-state index in [1.165, 1.54) is 35.2 Å². The smallest absolute Gasteiger partial charge is 0.298 e. The number of nitrogens with zero attached hydrogens (tertiary/aromatic N) is 1. The molecule has 3 N–H and O–H groups in total. The molecule has 3 aromatic rings. The summed E-state index contributed by atoms with van der Waals surface area (Å²) in [6.07, 6.45) is 8.37. The van der Waals surface area contributed by atoms with Gasteiger partial charge in [0.15, 0.2) is 6.04 Å². The number of rotatable bonds is 12. The SMILES string of the molecule is CCCCOc1cccc(C(F)(F)[C@@H](NS(=O)(=O)c2ccc3cc(OC4CCCC4)ccc3c2)C(=O)N2C3CCC2CC(N)C3)c1. The quantitative estimate of drug-likeness (QED) is 0.223. The number of nitrogens with two attached hydrogens (primary N) is 1. The molecule has 1 saturated carbocycles. The summed E-state index contributed by atoms with van der Waals surface area (Å²) < 4.78 is 74.8. The maximum atomic E-state index is 16.6. The molecule has 11 heteroatoms. The minimum absolute atomic E-state index is 0.129. The van der Waals surface area contributed by atoms with Crippen LogP contribution in [0.1, 0.15) is 76.7 Å². The molecule has 3 aromatic carbocycles. The number of hydrogen-bond donors (Lipinski definition) is 2. The van der Waals surface area contributed by atoms with Gasteiger partial charge in [-0.15, -0.1) is 0 Å². The summed E-state index contributed by atoms with van der Waals surface area (Å²) in [6, 6.07) is 12.1. The number of carbonyl (C=O) groups excluding carboxylic acids is 1. The summed E-state index contributed by atoms with van der Waals surface area (Å²) in [5.41, 5.74) is 5.69. The van der Waals surface area contributed by atoms with Crippen LogP contribution in [0.3, 0.4) is 0 Å². The highest BCUT2D eigenvalue weighted by Gasteiger charge is 2.53. The van der Waals surface area contributed by atoms with Gasteiger partial charge in [-0.2, -0.15) is 13.5 Å². The van der Waals surface area contributed by atoms with Crippen molar-refractivity contribution < 1.29 is 31.5 Å². The molecule has 2 aliphatic heterocycles. The lowest BCUT2D eigenvalue weighted by Crippen LogP contribution is -2.60. The molecule has 2 heterocycles. The fourth-order valence-corrected chi connectivity index (χ4v) is 8.39. The van der Waals surface area contributed by atoms with E-state index in [0.717, 1.165) is 43.9 Å². The summed E-state index contributed by atoms with van der Waals surface area (Å²) in [4.78, 5) is 15.4. The van der Waals surface area contributed by atoms with E-state index in [0.29, 0.717) is 43.4 Å². The number of ether oxygens (including phenoxy) is 2. The van der Waals surface area contributed by atoms with Crippen molar-refractivity contribution in [2.45, 2.75) is 112 Å². The lowest BCUT2D eigenvalue weighted by molar-refractivity contribution is -0.149. The van der Waals surface area contributed by atoms with Crippen molar-refractivity contribution in [3.05, 3.63) is 66.2 Å². The molecule has 3 aliphatic rings. The van der Waals surface area contributed by atoms with Crippen molar-refractivity contribution in [2.24, 2.45) is 5.73 Å². The Kier molecular flexibility index (Phi) is 9.55.